The smallest absolute Gasteiger partial charge is 0.306 e. The minimum absolute atomic E-state index is 0.200. The van der Waals surface area contributed by atoms with Crippen LogP contribution in [0.3, 0.4) is 0 Å². The highest BCUT2D eigenvalue weighted by atomic mass is 32.2. The van der Waals surface area contributed by atoms with Crippen molar-refractivity contribution in [2.24, 2.45) is 0 Å². The molecule has 0 bridgehead atoms. The largest absolute Gasteiger partial charge is 0.507 e. The normalized spacial score (nSPS) is 12.7. The lowest BCUT2D eigenvalue weighted by Gasteiger charge is -2.28. The Kier molecular flexibility index (Phi) is 14.7. The average Bonchev–Trinajstić information content (AvgIpc) is 2.91. The minimum atomic E-state index is -0.213. The summed E-state index contributed by atoms with van der Waals surface area (Å²) in [6.45, 7) is 25.7. The fourth-order valence-corrected chi connectivity index (χ4v) is 7.20. The van der Waals surface area contributed by atoms with Gasteiger partial charge in [0.15, 0.2) is 0 Å². The second-order valence-electron chi connectivity index (χ2n) is 16.5. The molecular formula is C39H60O6S2. The van der Waals surface area contributed by atoms with Crippen molar-refractivity contribution in [2.45, 2.75) is 130 Å². The zero-order valence-corrected chi connectivity index (χ0v) is 32.7. The molecule has 264 valence electrons. The van der Waals surface area contributed by atoms with Gasteiger partial charge in [0, 0.05) is 29.4 Å². The van der Waals surface area contributed by atoms with Gasteiger partial charge in [-0.2, -0.15) is 23.5 Å². The lowest BCUT2D eigenvalue weighted by Crippen LogP contribution is -2.18. The lowest BCUT2D eigenvalue weighted by atomic mass is 9.78. The van der Waals surface area contributed by atoms with Crippen molar-refractivity contribution in [3.63, 3.8) is 0 Å². The number of rotatable bonds is 14. The molecule has 0 saturated heterocycles. The molecule has 0 aromatic heterocycles. The van der Waals surface area contributed by atoms with Crippen LogP contribution in [0, 0.1) is 0 Å². The monoisotopic (exact) mass is 688 g/mol. The zero-order chi connectivity index (χ0) is 35.8. The number of carbonyl (C=O) groups is 2. The molecule has 0 saturated carbocycles. The van der Waals surface area contributed by atoms with Gasteiger partial charge in [-0.3, -0.25) is 9.59 Å². The molecule has 0 heterocycles. The predicted molar refractivity (Wildman–Crippen MR) is 199 cm³/mol. The number of thioether (sulfide) groups is 2. The summed E-state index contributed by atoms with van der Waals surface area (Å²) in [7, 11) is 0. The third-order valence-electron chi connectivity index (χ3n) is 7.95. The molecule has 2 N–H and O–H groups in total. The van der Waals surface area contributed by atoms with E-state index in [2.05, 4.69) is 83.1 Å². The highest BCUT2D eigenvalue weighted by molar-refractivity contribution is 8.15. The van der Waals surface area contributed by atoms with Crippen LogP contribution in [0.1, 0.15) is 129 Å². The van der Waals surface area contributed by atoms with Crippen LogP contribution in [-0.2, 0) is 53.6 Å². The number of carbonyl (C=O) groups excluding carboxylic acids is 2. The van der Waals surface area contributed by atoms with Crippen LogP contribution in [-0.4, -0.2) is 52.0 Å². The summed E-state index contributed by atoms with van der Waals surface area (Å²) in [5, 5.41) is 22.6. The molecule has 0 radical (unpaired) electrons. The summed E-state index contributed by atoms with van der Waals surface area (Å²) in [5.74, 6) is 1.61. The van der Waals surface area contributed by atoms with Crippen molar-refractivity contribution in [3.05, 3.63) is 57.6 Å². The Morgan fingerprint density at radius 2 is 0.830 bits per heavy atom. The molecule has 0 unspecified atom stereocenters. The average molecular weight is 689 g/mol. The summed E-state index contributed by atoms with van der Waals surface area (Å²) in [4.78, 5) is 24.6. The third kappa shape index (κ3) is 13.2. The van der Waals surface area contributed by atoms with Gasteiger partial charge >= 0.3 is 11.9 Å². The first-order valence-electron chi connectivity index (χ1n) is 16.7. The molecule has 0 aliphatic rings. The maximum absolute atomic E-state index is 12.3. The van der Waals surface area contributed by atoms with Crippen LogP contribution in [0.15, 0.2) is 24.3 Å². The summed E-state index contributed by atoms with van der Waals surface area (Å²) >= 11 is 3.32. The molecule has 0 fully saturated rings. The van der Waals surface area contributed by atoms with E-state index in [9.17, 15) is 19.8 Å². The topological polar surface area (TPSA) is 93.1 Å². The number of ether oxygens (including phenoxy) is 2. The first-order chi connectivity index (χ1) is 21.5. The highest BCUT2D eigenvalue weighted by Gasteiger charge is 2.28. The van der Waals surface area contributed by atoms with Gasteiger partial charge in [-0.1, -0.05) is 107 Å². The van der Waals surface area contributed by atoms with E-state index in [-0.39, 0.29) is 33.6 Å². The van der Waals surface area contributed by atoms with E-state index in [1.807, 2.05) is 24.3 Å². The van der Waals surface area contributed by atoms with Crippen molar-refractivity contribution in [2.75, 3.05) is 29.8 Å². The van der Waals surface area contributed by atoms with Gasteiger partial charge in [-0.15, -0.1) is 0 Å². The van der Waals surface area contributed by atoms with Crippen molar-refractivity contribution in [1.29, 1.82) is 0 Å². The second-order valence-corrected chi connectivity index (χ2v) is 19.0. The highest BCUT2D eigenvalue weighted by Crippen LogP contribution is 2.41. The van der Waals surface area contributed by atoms with Gasteiger partial charge in [0.25, 0.3) is 0 Å². The summed E-state index contributed by atoms with van der Waals surface area (Å²) in [6, 6.07) is 8.12. The Hall–Kier alpha value is -2.32. The zero-order valence-electron chi connectivity index (χ0n) is 31.0. The molecule has 0 aliphatic carbocycles. The fraction of sp³-hybridized carbons (Fsp3) is 0.641. The van der Waals surface area contributed by atoms with Gasteiger partial charge in [0.1, 0.15) is 11.5 Å². The van der Waals surface area contributed by atoms with E-state index in [1.165, 1.54) is 0 Å². The first kappa shape index (κ1) is 40.9. The molecule has 2 aromatic rings. The molecule has 8 heteroatoms. The van der Waals surface area contributed by atoms with Gasteiger partial charge in [-0.05, 0) is 55.0 Å². The molecule has 6 nitrogen and oxygen atoms in total. The third-order valence-corrected chi connectivity index (χ3v) is 10.3. The number of phenolic OH excluding ortho intramolecular Hbond substituents is 2. The van der Waals surface area contributed by atoms with Crippen LogP contribution >= 0.6 is 23.5 Å². The van der Waals surface area contributed by atoms with Crippen molar-refractivity contribution in [1.82, 2.24) is 0 Å². The molecule has 0 amide bonds. The first-order valence-corrected chi connectivity index (χ1v) is 19.0. The molecule has 47 heavy (non-hydrogen) atoms. The van der Waals surface area contributed by atoms with Crippen LogP contribution in [0.4, 0.5) is 0 Å². The Balaban J connectivity index is 1.68. The molecular weight excluding hydrogens is 629 g/mol. The number of hydrogen-bond acceptors (Lipinski definition) is 8. The van der Waals surface area contributed by atoms with Gasteiger partial charge < -0.3 is 19.7 Å². The number of phenols is 2. The Labute approximate surface area is 293 Å². The van der Waals surface area contributed by atoms with E-state index < -0.39 is 0 Å². The number of esters is 2. The maximum Gasteiger partial charge on any atom is 0.306 e. The quantitative estimate of drug-likeness (QED) is 0.115. The Morgan fingerprint density at radius 3 is 1.09 bits per heavy atom. The summed E-state index contributed by atoms with van der Waals surface area (Å²) in [6.07, 6.45) is 1.88. The Bertz CT molecular complexity index is 1180. The second kappa shape index (κ2) is 16.9. The van der Waals surface area contributed by atoms with Crippen molar-refractivity contribution >= 4 is 35.5 Å². The van der Waals surface area contributed by atoms with Crippen LogP contribution in [0.2, 0.25) is 0 Å². The lowest BCUT2D eigenvalue weighted by molar-refractivity contribution is -0.143. The van der Waals surface area contributed by atoms with E-state index >= 15 is 0 Å². The van der Waals surface area contributed by atoms with E-state index in [1.54, 1.807) is 23.5 Å². The molecule has 0 spiro atoms. The molecule has 2 aromatic carbocycles. The minimum Gasteiger partial charge on any atom is -0.507 e. The fourth-order valence-electron chi connectivity index (χ4n) is 5.16. The van der Waals surface area contributed by atoms with Crippen molar-refractivity contribution in [3.8, 4) is 11.5 Å². The Morgan fingerprint density at radius 1 is 0.553 bits per heavy atom. The van der Waals surface area contributed by atoms with Gasteiger partial charge in [-0.25, -0.2) is 0 Å². The number of aromatic hydroxyl groups is 2. The van der Waals surface area contributed by atoms with Crippen molar-refractivity contribution < 1.29 is 29.3 Å². The standard InChI is InChI=1S/C39H60O6S2/c1-36(2,3)28-21-26(22-29(34(28)42)37(4,5)6)13-17-44-32(40)15-19-46-25-47-20-16-33(41)45-18-14-27-23-30(38(7,8)9)35(43)31(24-27)39(10,11)12/h21-24,42-43H,13-20,25H2,1-12H3. The maximum atomic E-state index is 12.3. The van der Waals surface area contributed by atoms with E-state index in [4.69, 9.17) is 9.47 Å². The van der Waals surface area contributed by atoms with Gasteiger partial charge in [0.2, 0.25) is 0 Å². The summed E-state index contributed by atoms with van der Waals surface area (Å²) in [5.41, 5.74) is 4.95. The van der Waals surface area contributed by atoms with Gasteiger partial charge in [0.05, 0.1) is 26.1 Å². The molecule has 0 aliphatic heterocycles. The summed E-state index contributed by atoms with van der Waals surface area (Å²) < 4.78 is 11.0. The SMILES string of the molecule is CC(C)(C)c1cc(CCOC(=O)CCSCSCCC(=O)OCCc2cc(C(C)(C)C)c(O)c(C(C)(C)C)c2)cc(C(C)(C)C)c1O. The predicted octanol–water partition coefficient (Wildman–Crippen LogP) is 9.36. The van der Waals surface area contributed by atoms with Crippen LogP contribution < -0.4 is 0 Å². The van der Waals surface area contributed by atoms with E-state index in [0.29, 0.717) is 61.9 Å². The molecule has 2 rings (SSSR count). The van der Waals surface area contributed by atoms with Crippen LogP contribution in [0.25, 0.3) is 0 Å². The number of hydrogen-bond donors (Lipinski definition) is 2. The van der Waals surface area contributed by atoms with Crippen LogP contribution in [0.5, 0.6) is 11.5 Å². The molecule has 0 atom stereocenters. The van der Waals surface area contributed by atoms with E-state index in [0.717, 1.165) is 38.5 Å². The number of benzene rings is 2.